The molecule has 1 aliphatic carbocycles. The molecule has 1 heterocycles. The van der Waals surface area contributed by atoms with Gasteiger partial charge < -0.3 is 5.73 Å². The molecule has 2 N–H and O–H groups in total. The predicted molar refractivity (Wildman–Crippen MR) is 66.2 cm³/mol. The molecule has 0 bridgehead atoms. The van der Waals surface area contributed by atoms with E-state index in [2.05, 4.69) is 42.8 Å². The molecule has 90 valence electrons. The first-order chi connectivity index (χ1) is 7.55. The van der Waals surface area contributed by atoms with E-state index in [0.717, 1.165) is 18.5 Å². The Balaban J connectivity index is 1.97. The lowest BCUT2D eigenvalue weighted by Gasteiger charge is -2.17. The summed E-state index contributed by atoms with van der Waals surface area (Å²) in [6.45, 7) is 6.66. The van der Waals surface area contributed by atoms with Crippen molar-refractivity contribution in [2.24, 2.45) is 11.1 Å². The van der Waals surface area contributed by atoms with Crippen molar-refractivity contribution < 1.29 is 0 Å². The van der Waals surface area contributed by atoms with Crippen LogP contribution in [0.5, 0.6) is 0 Å². The van der Waals surface area contributed by atoms with E-state index in [0.29, 0.717) is 11.5 Å². The molecule has 0 aliphatic heterocycles. The number of nitrogens with two attached hydrogens (primary N) is 1. The Hall–Kier alpha value is -0.830. The van der Waals surface area contributed by atoms with E-state index in [9.17, 15) is 0 Å². The molecule has 3 nitrogen and oxygen atoms in total. The molecule has 1 fully saturated rings. The maximum Gasteiger partial charge on any atom is 0.0640 e. The van der Waals surface area contributed by atoms with Crippen LogP contribution < -0.4 is 5.73 Å². The summed E-state index contributed by atoms with van der Waals surface area (Å²) in [6, 6.07) is 2.87. The zero-order valence-corrected chi connectivity index (χ0v) is 10.6. The van der Waals surface area contributed by atoms with Gasteiger partial charge in [0.05, 0.1) is 5.69 Å². The minimum atomic E-state index is 0.271. The largest absolute Gasteiger partial charge is 0.327 e. The molecule has 16 heavy (non-hydrogen) atoms. The first-order valence-electron chi connectivity index (χ1n) is 6.35. The van der Waals surface area contributed by atoms with E-state index in [-0.39, 0.29) is 6.04 Å². The fourth-order valence-corrected chi connectivity index (χ4v) is 1.96. The number of rotatable bonds is 5. The summed E-state index contributed by atoms with van der Waals surface area (Å²) in [7, 11) is 0. The van der Waals surface area contributed by atoms with E-state index in [1.54, 1.807) is 0 Å². The Bertz CT molecular complexity index is 352. The van der Waals surface area contributed by atoms with E-state index < -0.39 is 0 Å². The summed E-state index contributed by atoms with van der Waals surface area (Å²) < 4.78 is 2.05. The SMILES string of the molecule is CCC(C)n1ccc(CC(N)C2(C)CC2)n1. The predicted octanol–water partition coefficient (Wildman–Crippen LogP) is 2.52. The van der Waals surface area contributed by atoms with Gasteiger partial charge in [-0.25, -0.2) is 0 Å². The Morgan fingerprint density at radius 2 is 2.25 bits per heavy atom. The van der Waals surface area contributed by atoms with Crippen molar-refractivity contribution in [3.8, 4) is 0 Å². The molecule has 1 saturated carbocycles. The quantitative estimate of drug-likeness (QED) is 0.830. The van der Waals surface area contributed by atoms with Gasteiger partial charge in [0, 0.05) is 24.7 Å². The molecule has 0 amide bonds. The van der Waals surface area contributed by atoms with Crippen molar-refractivity contribution in [3.05, 3.63) is 18.0 Å². The van der Waals surface area contributed by atoms with Gasteiger partial charge in [0.1, 0.15) is 0 Å². The van der Waals surface area contributed by atoms with Gasteiger partial charge in [0.15, 0.2) is 0 Å². The second-order valence-electron chi connectivity index (χ2n) is 5.51. The lowest BCUT2D eigenvalue weighted by Crippen LogP contribution is -2.32. The third kappa shape index (κ3) is 2.29. The van der Waals surface area contributed by atoms with E-state index in [1.807, 2.05) is 0 Å². The van der Waals surface area contributed by atoms with Gasteiger partial charge in [-0.2, -0.15) is 5.10 Å². The first-order valence-corrected chi connectivity index (χ1v) is 6.35. The van der Waals surface area contributed by atoms with Crippen LogP contribution >= 0.6 is 0 Å². The highest BCUT2D eigenvalue weighted by Gasteiger charge is 2.42. The van der Waals surface area contributed by atoms with E-state index >= 15 is 0 Å². The van der Waals surface area contributed by atoms with Crippen LogP contribution in [0.3, 0.4) is 0 Å². The normalized spacial score (nSPS) is 21.8. The number of aromatic nitrogens is 2. The third-order valence-electron chi connectivity index (χ3n) is 4.07. The summed E-state index contributed by atoms with van der Waals surface area (Å²) in [5.74, 6) is 0. The monoisotopic (exact) mass is 221 g/mol. The van der Waals surface area contributed by atoms with Crippen molar-refractivity contribution in [2.75, 3.05) is 0 Å². The molecule has 0 aromatic carbocycles. The number of hydrogen-bond acceptors (Lipinski definition) is 2. The van der Waals surface area contributed by atoms with E-state index in [4.69, 9.17) is 5.73 Å². The van der Waals surface area contributed by atoms with Gasteiger partial charge in [-0.05, 0) is 37.7 Å². The smallest absolute Gasteiger partial charge is 0.0640 e. The first kappa shape index (κ1) is 11.6. The van der Waals surface area contributed by atoms with Gasteiger partial charge in [-0.1, -0.05) is 13.8 Å². The Labute approximate surface area is 98.0 Å². The van der Waals surface area contributed by atoms with Crippen LogP contribution in [0.2, 0.25) is 0 Å². The van der Waals surface area contributed by atoms with Gasteiger partial charge in [-0.15, -0.1) is 0 Å². The van der Waals surface area contributed by atoms with Crippen molar-refractivity contribution in [1.82, 2.24) is 9.78 Å². The van der Waals surface area contributed by atoms with Gasteiger partial charge >= 0.3 is 0 Å². The summed E-state index contributed by atoms with van der Waals surface area (Å²) in [5.41, 5.74) is 7.74. The molecule has 0 spiro atoms. The molecule has 2 unspecified atom stereocenters. The van der Waals surface area contributed by atoms with Gasteiger partial charge in [-0.3, -0.25) is 4.68 Å². The van der Waals surface area contributed by atoms with Crippen LogP contribution in [0.25, 0.3) is 0 Å². The Morgan fingerprint density at radius 1 is 1.56 bits per heavy atom. The standard InChI is InChI=1S/C13H23N3/c1-4-10(2)16-8-5-11(15-16)9-12(14)13(3)6-7-13/h5,8,10,12H,4,6-7,9,14H2,1-3H3. The average Bonchev–Trinajstić information content (AvgIpc) is 2.86. The zero-order chi connectivity index (χ0) is 11.8. The Kier molecular flexibility index (Phi) is 3.06. The lowest BCUT2D eigenvalue weighted by atomic mass is 9.96. The van der Waals surface area contributed by atoms with Crippen LogP contribution in [0.15, 0.2) is 12.3 Å². The van der Waals surface area contributed by atoms with Gasteiger partial charge in [0.2, 0.25) is 0 Å². The van der Waals surface area contributed by atoms with Crippen LogP contribution in [-0.2, 0) is 6.42 Å². The molecule has 2 rings (SSSR count). The van der Waals surface area contributed by atoms with Crippen LogP contribution in [0.1, 0.15) is 51.8 Å². The van der Waals surface area contributed by atoms with E-state index in [1.165, 1.54) is 12.8 Å². The molecule has 1 aromatic heterocycles. The van der Waals surface area contributed by atoms with Crippen molar-refractivity contribution in [3.63, 3.8) is 0 Å². The zero-order valence-electron chi connectivity index (χ0n) is 10.6. The van der Waals surface area contributed by atoms with Crippen molar-refractivity contribution >= 4 is 0 Å². The summed E-state index contributed by atoms with van der Waals surface area (Å²) >= 11 is 0. The average molecular weight is 221 g/mol. The molecular weight excluding hydrogens is 198 g/mol. The highest BCUT2D eigenvalue weighted by Crippen LogP contribution is 2.47. The topological polar surface area (TPSA) is 43.8 Å². The second-order valence-corrected chi connectivity index (χ2v) is 5.51. The molecule has 0 radical (unpaired) electrons. The van der Waals surface area contributed by atoms with Crippen LogP contribution in [0, 0.1) is 5.41 Å². The number of nitrogens with zero attached hydrogens (tertiary/aromatic N) is 2. The molecule has 1 aliphatic rings. The molecule has 2 atom stereocenters. The maximum atomic E-state index is 6.21. The van der Waals surface area contributed by atoms with Crippen molar-refractivity contribution in [1.29, 1.82) is 0 Å². The highest BCUT2D eigenvalue weighted by atomic mass is 15.3. The maximum absolute atomic E-state index is 6.21. The highest BCUT2D eigenvalue weighted by molar-refractivity contribution is 5.07. The number of hydrogen-bond donors (Lipinski definition) is 1. The molecule has 1 aromatic rings. The van der Waals surface area contributed by atoms with Crippen LogP contribution in [-0.4, -0.2) is 15.8 Å². The molecular formula is C13H23N3. The summed E-state index contributed by atoms with van der Waals surface area (Å²) in [5, 5.41) is 4.60. The minimum absolute atomic E-state index is 0.271. The second kappa shape index (κ2) is 4.21. The fourth-order valence-electron chi connectivity index (χ4n) is 1.96. The van der Waals surface area contributed by atoms with Crippen LogP contribution in [0.4, 0.5) is 0 Å². The Morgan fingerprint density at radius 3 is 2.81 bits per heavy atom. The fraction of sp³-hybridized carbons (Fsp3) is 0.769. The molecule has 0 saturated heterocycles. The molecule has 3 heteroatoms. The summed E-state index contributed by atoms with van der Waals surface area (Å²) in [4.78, 5) is 0. The van der Waals surface area contributed by atoms with Gasteiger partial charge in [0.25, 0.3) is 0 Å². The minimum Gasteiger partial charge on any atom is -0.327 e. The summed E-state index contributed by atoms with van der Waals surface area (Å²) in [6.07, 6.45) is 6.66. The lowest BCUT2D eigenvalue weighted by molar-refractivity contribution is 0.422. The third-order valence-corrected chi connectivity index (χ3v) is 4.07. The van der Waals surface area contributed by atoms with Crippen molar-refractivity contribution in [2.45, 2.75) is 58.5 Å².